The van der Waals surface area contributed by atoms with Gasteiger partial charge in [-0.3, -0.25) is 0 Å². The monoisotopic (exact) mass is 320 g/mol. The molecule has 0 fully saturated rings. The molecule has 3 rings (SSSR count). The number of halogens is 1. The standard InChI is InChI=1S/C12H9BrN4S/c1-17-5-4-14-12(17)18-11-9-6-8(13)2-3-10(9)15-7-16-11/h2-7H,1H3. The molecule has 0 atom stereocenters. The number of rotatable bonds is 2. The van der Waals surface area contributed by atoms with Crippen LogP contribution in [-0.2, 0) is 7.05 Å². The van der Waals surface area contributed by atoms with Gasteiger partial charge in [0.05, 0.1) is 5.52 Å². The van der Waals surface area contributed by atoms with Crippen molar-refractivity contribution in [1.29, 1.82) is 0 Å². The van der Waals surface area contributed by atoms with Gasteiger partial charge < -0.3 is 4.57 Å². The maximum absolute atomic E-state index is 4.34. The average Bonchev–Trinajstić information content (AvgIpc) is 2.76. The summed E-state index contributed by atoms with van der Waals surface area (Å²) in [6.45, 7) is 0. The van der Waals surface area contributed by atoms with Gasteiger partial charge in [0.25, 0.3) is 0 Å². The third-order valence-corrected chi connectivity index (χ3v) is 4.11. The molecule has 0 saturated carbocycles. The number of hydrogen-bond donors (Lipinski definition) is 0. The molecule has 6 heteroatoms. The zero-order valence-electron chi connectivity index (χ0n) is 9.54. The Hall–Kier alpha value is -1.40. The van der Waals surface area contributed by atoms with Crippen LogP contribution in [-0.4, -0.2) is 19.5 Å². The van der Waals surface area contributed by atoms with E-state index in [1.807, 2.05) is 36.0 Å². The van der Waals surface area contributed by atoms with Crippen LogP contribution in [0.5, 0.6) is 0 Å². The highest BCUT2D eigenvalue weighted by Crippen LogP contribution is 2.30. The van der Waals surface area contributed by atoms with Crippen LogP contribution in [0.2, 0.25) is 0 Å². The summed E-state index contributed by atoms with van der Waals surface area (Å²) in [5, 5.41) is 2.85. The van der Waals surface area contributed by atoms with E-state index in [4.69, 9.17) is 0 Å². The van der Waals surface area contributed by atoms with E-state index in [1.165, 1.54) is 11.8 Å². The fraction of sp³-hybridized carbons (Fsp3) is 0.0833. The summed E-state index contributed by atoms with van der Waals surface area (Å²) in [7, 11) is 1.97. The molecule has 0 spiro atoms. The minimum absolute atomic E-state index is 0.912. The lowest BCUT2D eigenvalue weighted by molar-refractivity contribution is 0.789. The largest absolute Gasteiger partial charge is 0.329 e. The van der Waals surface area contributed by atoms with Crippen molar-refractivity contribution in [3.63, 3.8) is 0 Å². The molecule has 0 amide bonds. The molecule has 0 bridgehead atoms. The lowest BCUT2D eigenvalue weighted by Gasteiger charge is -2.04. The van der Waals surface area contributed by atoms with Crippen molar-refractivity contribution >= 4 is 38.6 Å². The Morgan fingerprint density at radius 3 is 2.89 bits per heavy atom. The van der Waals surface area contributed by atoms with Crippen molar-refractivity contribution in [3.8, 4) is 0 Å². The molecule has 90 valence electrons. The van der Waals surface area contributed by atoms with Crippen molar-refractivity contribution in [2.75, 3.05) is 0 Å². The molecule has 0 saturated heterocycles. The summed E-state index contributed by atoms with van der Waals surface area (Å²) in [5.74, 6) is 0. The van der Waals surface area contributed by atoms with E-state index < -0.39 is 0 Å². The molecular weight excluding hydrogens is 312 g/mol. The summed E-state index contributed by atoms with van der Waals surface area (Å²) < 4.78 is 2.99. The number of aryl methyl sites for hydroxylation is 1. The minimum atomic E-state index is 0.912. The molecule has 4 nitrogen and oxygen atoms in total. The number of benzene rings is 1. The van der Waals surface area contributed by atoms with E-state index >= 15 is 0 Å². The topological polar surface area (TPSA) is 43.6 Å². The number of hydrogen-bond acceptors (Lipinski definition) is 4. The van der Waals surface area contributed by atoms with Gasteiger partial charge in [0.1, 0.15) is 11.4 Å². The maximum Gasteiger partial charge on any atom is 0.174 e. The van der Waals surface area contributed by atoms with Crippen LogP contribution in [0.25, 0.3) is 10.9 Å². The first-order valence-corrected chi connectivity index (χ1v) is 6.90. The Balaban J connectivity index is 2.11. The first-order chi connectivity index (χ1) is 8.74. The zero-order valence-corrected chi connectivity index (χ0v) is 11.9. The molecule has 0 aliphatic heterocycles. The molecule has 2 aromatic heterocycles. The van der Waals surface area contributed by atoms with E-state index in [9.17, 15) is 0 Å². The van der Waals surface area contributed by atoms with E-state index in [0.29, 0.717) is 0 Å². The van der Waals surface area contributed by atoms with E-state index in [-0.39, 0.29) is 0 Å². The summed E-state index contributed by atoms with van der Waals surface area (Å²) in [6, 6.07) is 5.98. The lowest BCUT2D eigenvalue weighted by atomic mass is 10.2. The number of fused-ring (bicyclic) bond motifs is 1. The van der Waals surface area contributed by atoms with Crippen molar-refractivity contribution in [1.82, 2.24) is 19.5 Å². The van der Waals surface area contributed by atoms with E-state index in [2.05, 4.69) is 30.9 Å². The summed E-state index contributed by atoms with van der Waals surface area (Å²) >= 11 is 5.01. The minimum Gasteiger partial charge on any atom is -0.329 e. The Bertz CT molecular complexity index is 710. The second-order valence-corrected chi connectivity index (χ2v) is 5.63. The van der Waals surface area contributed by atoms with Crippen LogP contribution >= 0.6 is 27.7 Å². The van der Waals surface area contributed by atoms with Crippen molar-refractivity contribution < 1.29 is 0 Å². The Kier molecular flexibility index (Phi) is 3.05. The predicted octanol–water partition coefficient (Wildman–Crippen LogP) is 3.28. The van der Waals surface area contributed by atoms with Crippen LogP contribution in [0.3, 0.4) is 0 Å². The van der Waals surface area contributed by atoms with Crippen molar-refractivity contribution in [2.45, 2.75) is 10.2 Å². The first kappa shape index (κ1) is 11.7. The van der Waals surface area contributed by atoms with Gasteiger partial charge in [-0.15, -0.1) is 0 Å². The summed E-state index contributed by atoms with van der Waals surface area (Å²) in [4.78, 5) is 12.9. The van der Waals surface area contributed by atoms with Crippen LogP contribution in [0.15, 0.2) is 51.6 Å². The van der Waals surface area contributed by atoms with Crippen LogP contribution in [0.4, 0.5) is 0 Å². The second-order valence-electron chi connectivity index (χ2n) is 3.76. The van der Waals surface area contributed by atoms with Gasteiger partial charge >= 0.3 is 0 Å². The van der Waals surface area contributed by atoms with Gasteiger partial charge in [0, 0.05) is 29.3 Å². The summed E-state index contributed by atoms with van der Waals surface area (Å²) in [6.07, 6.45) is 5.28. The third-order valence-electron chi connectivity index (χ3n) is 2.53. The van der Waals surface area contributed by atoms with Crippen molar-refractivity contribution in [2.24, 2.45) is 7.05 Å². The third kappa shape index (κ3) is 2.13. The molecule has 0 aliphatic rings. The van der Waals surface area contributed by atoms with Gasteiger partial charge in [0.2, 0.25) is 0 Å². The molecular formula is C12H9BrN4S. The van der Waals surface area contributed by atoms with Crippen LogP contribution in [0.1, 0.15) is 0 Å². The van der Waals surface area contributed by atoms with Crippen LogP contribution in [0, 0.1) is 0 Å². The molecule has 1 aromatic carbocycles. The Morgan fingerprint density at radius 2 is 2.11 bits per heavy atom. The number of imidazole rings is 1. The lowest BCUT2D eigenvalue weighted by Crippen LogP contribution is -1.91. The molecule has 0 N–H and O–H groups in total. The highest BCUT2D eigenvalue weighted by atomic mass is 79.9. The van der Waals surface area contributed by atoms with Crippen molar-refractivity contribution in [3.05, 3.63) is 41.4 Å². The molecule has 2 heterocycles. The van der Waals surface area contributed by atoms with E-state index in [0.717, 1.165) is 25.6 Å². The van der Waals surface area contributed by atoms with Gasteiger partial charge in [-0.2, -0.15) is 0 Å². The average molecular weight is 321 g/mol. The highest BCUT2D eigenvalue weighted by molar-refractivity contribution is 9.10. The normalized spacial score (nSPS) is 11.0. The highest BCUT2D eigenvalue weighted by Gasteiger charge is 2.08. The molecule has 0 radical (unpaired) electrons. The summed E-state index contributed by atoms with van der Waals surface area (Å²) in [5.41, 5.74) is 0.935. The van der Waals surface area contributed by atoms with Gasteiger partial charge in [-0.1, -0.05) is 15.9 Å². The van der Waals surface area contributed by atoms with Gasteiger partial charge in [-0.25, -0.2) is 15.0 Å². The molecule has 0 aliphatic carbocycles. The molecule has 18 heavy (non-hydrogen) atoms. The quantitative estimate of drug-likeness (QED) is 0.680. The fourth-order valence-corrected chi connectivity index (χ4v) is 2.85. The van der Waals surface area contributed by atoms with Crippen LogP contribution < -0.4 is 0 Å². The Morgan fingerprint density at radius 1 is 1.22 bits per heavy atom. The Labute approximate surface area is 117 Å². The smallest absolute Gasteiger partial charge is 0.174 e. The van der Waals surface area contributed by atoms with E-state index in [1.54, 1.807) is 12.5 Å². The van der Waals surface area contributed by atoms with Gasteiger partial charge in [-0.05, 0) is 30.0 Å². The maximum atomic E-state index is 4.34. The second kappa shape index (κ2) is 4.70. The SMILES string of the molecule is Cn1ccnc1Sc1ncnc2ccc(Br)cc12. The molecule has 3 aromatic rings. The van der Waals surface area contributed by atoms with Gasteiger partial charge in [0.15, 0.2) is 5.16 Å². The molecule has 0 unspecified atom stereocenters. The number of nitrogens with zero attached hydrogens (tertiary/aromatic N) is 4. The zero-order chi connectivity index (χ0) is 12.5. The fourth-order valence-electron chi connectivity index (χ4n) is 1.62. The first-order valence-electron chi connectivity index (χ1n) is 5.29. The number of aromatic nitrogens is 4. The predicted molar refractivity (Wildman–Crippen MR) is 74.6 cm³/mol.